The van der Waals surface area contributed by atoms with E-state index in [-0.39, 0.29) is 41.3 Å². The molecule has 0 spiro atoms. The third-order valence-electron chi connectivity index (χ3n) is 8.07. The van der Waals surface area contributed by atoms with Gasteiger partial charge in [-0.15, -0.1) is 30.1 Å². The summed E-state index contributed by atoms with van der Waals surface area (Å²) in [5.41, 5.74) is 1.45. The third-order valence-corrected chi connectivity index (χ3v) is 8.44. The van der Waals surface area contributed by atoms with Gasteiger partial charge >= 0.3 is 0 Å². The van der Waals surface area contributed by atoms with Gasteiger partial charge in [-0.05, 0) is 57.0 Å². The van der Waals surface area contributed by atoms with Gasteiger partial charge in [-0.25, -0.2) is 4.68 Å². The molecule has 1 fully saturated rings. The van der Waals surface area contributed by atoms with Crippen LogP contribution in [-0.4, -0.2) is 81.0 Å². The van der Waals surface area contributed by atoms with Crippen LogP contribution in [0.1, 0.15) is 94.3 Å². The standard InChI is InChI=1S/C31H48N6O3S.ClH/c1-3-4-5-6-7-8-11-27(33-30(39)25-13-16-28(17-14-25)37-20-19-32-34-37)12-9-10-26(31(40)41)15-18-29(38)36-23-21-35(2)22-24-36;/h13-14,16-17,19-20,26-27H,3-12,15,18,21-24H2,1-2H3,(H,33,39)(H,40,41);1H. The number of thiol groups is 1. The van der Waals surface area contributed by atoms with Crippen molar-refractivity contribution in [2.75, 3.05) is 33.2 Å². The number of carbonyl (C=O) groups excluding carboxylic acids is 3. The molecule has 1 N–H and O–H groups in total. The highest BCUT2D eigenvalue weighted by Crippen LogP contribution is 2.21. The molecule has 1 aliphatic rings. The molecule has 2 heterocycles. The molecule has 9 nitrogen and oxygen atoms in total. The first kappa shape index (κ1) is 35.8. The van der Waals surface area contributed by atoms with Crippen molar-refractivity contribution >= 4 is 42.0 Å². The Hall–Kier alpha value is -2.43. The van der Waals surface area contributed by atoms with Crippen molar-refractivity contribution in [2.24, 2.45) is 5.92 Å². The number of piperazine rings is 1. The lowest BCUT2D eigenvalue weighted by Gasteiger charge is -2.32. The average molecular weight is 621 g/mol. The summed E-state index contributed by atoms with van der Waals surface area (Å²) >= 11 is 4.14. The van der Waals surface area contributed by atoms with Gasteiger partial charge in [0.15, 0.2) is 5.12 Å². The van der Waals surface area contributed by atoms with E-state index in [9.17, 15) is 14.4 Å². The predicted molar refractivity (Wildman–Crippen MR) is 172 cm³/mol. The maximum absolute atomic E-state index is 13.1. The van der Waals surface area contributed by atoms with E-state index in [1.54, 1.807) is 29.2 Å². The van der Waals surface area contributed by atoms with Gasteiger partial charge < -0.3 is 15.1 Å². The lowest BCUT2D eigenvalue weighted by molar-refractivity contribution is -0.133. The molecule has 234 valence electrons. The summed E-state index contributed by atoms with van der Waals surface area (Å²) in [4.78, 5) is 42.2. The zero-order valence-electron chi connectivity index (χ0n) is 25.2. The minimum atomic E-state index is -0.246. The molecule has 11 heteroatoms. The van der Waals surface area contributed by atoms with Crippen LogP contribution < -0.4 is 5.32 Å². The molecule has 0 bridgehead atoms. The van der Waals surface area contributed by atoms with Crippen LogP contribution in [0.2, 0.25) is 0 Å². The topological polar surface area (TPSA) is 100 Å². The third kappa shape index (κ3) is 12.4. The Bertz CT molecular complexity index is 1060. The summed E-state index contributed by atoms with van der Waals surface area (Å²) in [7, 11) is 2.07. The van der Waals surface area contributed by atoms with Crippen molar-refractivity contribution in [2.45, 2.75) is 90.0 Å². The van der Waals surface area contributed by atoms with Gasteiger partial charge in [0.2, 0.25) is 5.91 Å². The molecule has 2 atom stereocenters. The summed E-state index contributed by atoms with van der Waals surface area (Å²) in [5.74, 6) is -0.212. The largest absolute Gasteiger partial charge is 0.349 e. The Morgan fingerprint density at radius 3 is 2.21 bits per heavy atom. The van der Waals surface area contributed by atoms with Crippen LogP contribution in [0.25, 0.3) is 5.69 Å². The van der Waals surface area contributed by atoms with Gasteiger partial charge in [0.05, 0.1) is 18.1 Å². The fourth-order valence-corrected chi connectivity index (χ4v) is 5.61. The van der Waals surface area contributed by atoms with E-state index in [0.717, 1.165) is 64.0 Å². The lowest BCUT2D eigenvalue weighted by atomic mass is 9.94. The monoisotopic (exact) mass is 620 g/mol. The van der Waals surface area contributed by atoms with Crippen molar-refractivity contribution in [3.63, 3.8) is 0 Å². The average Bonchev–Trinajstić information content (AvgIpc) is 3.51. The number of carbonyl (C=O) groups is 3. The zero-order valence-corrected chi connectivity index (χ0v) is 27.0. The first-order valence-electron chi connectivity index (χ1n) is 15.3. The van der Waals surface area contributed by atoms with Crippen molar-refractivity contribution in [3.05, 3.63) is 42.2 Å². The first-order valence-corrected chi connectivity index (χ1v) is 15.8. The number of halogens is 1. The molecule has 0 saturated carbocycles. The van der Waals surface area contributed by atoms with Crippen LogP contribution in [0.5, 0.6) is 0 Å². The van der Waals surface area contributed by atoms with E-state index in [2.05, 4.69) is 47.1 Å². The van der Waals surface area contributed by atoms with E-state index in [4.69, 9.17) is 0 Å². The highest BCUT2D eigenvalue weighted by atomic mass is 35.5. The van der Waals surface area contributed by atoms with E-state index in [0.29, 0.717) is 24.8 Å². The Morgan fingerprint density at radius 2 is 1.57 bits per heavy atom. The quantitative estimate of drug-likeness (QED) is 0.172. The summed E-state index contributed by atoms with van der Waals surface area (Å²) in [5, 5.41) is 10.9. The van der Waals surface area contributed by atoms with E-state index >= 15 is 0 Å². The summed E-state index contributed by atoms with van der Waals surface area (Å²) in [6.07, 6.45) is 14.6. The van der Waals surface area contributed by atoms with Crippen LogP contribution in [0.15, 0.2) is 36.7 Å². The molecular formula is C31H49ClN6O3S. The molecule has 0 aliphatic carbocycles. The van der Waals surface area contributed by atoms with Gasteiger partial charge in [0, 0.05) is 50.1 Å². The molecule has 2 amide bonds. The molecule has 1 aromatic heterocycles. The number of likely N-dealkylation sites (N-methyl/N-ethyl adjacent to an activating group) is 1. The van der Waals surface area contributed by atoms with E-state index in [1.165, 1.54) is 25.7 Å². The second-order valence-corrected chi connectivity index (χ2v) is 11.8. The van der Waals surface area contributed by atoms with Crippen molar-refractivity contribution in [1.82, 2.24) is 30.1 Å². The molecule has 1 aromatic carbocycles. The van der Waals surface area contributed by atoms with Crippen LogP contribution in [-0.2, 0) is 9.59 Å². The Kier molecular flexibility index (Phi) is 16.8. The second kappa shape index (κ2) is 19.7. The van der Waals surface area contributed by atoms with Crippen LogP contribution in [0.3, 0.4) is 0 Å². The molecule has 0 radical (unpaired) electrons. The number of aromatic nitrogens is 3. The minimum Gasteiger partial charge on any atom is -0.349 e. The maximum Gasteiger partial charge on any atom is 0.251 e. The number of nitrogens with zero attached hydrogens (tertiary/aromatic N) is 5. The number of amides is 2. The van der Waals surface area contributed by atoms with Gasteiger partial charge in [0.1, 0.15) is 0 Å². The highest BCUT2D eigenvalue weighted by molar-refractivity contribution is 7.96. The number of benzene rings is 1. The smallest absolute Gasteiger partial charge is 0.251 e. The molecule has 2 unspecified atom stereocenters. The first-order chi connectivity index (χ1) is 19.9. The van der Waals surface area contributed by atoms with Crippen molar-refractivity contribution in [3.8, 4) is 5.69 Å². The Morgan fingerprint density at radius 1 is 0.905 bits per heavy atom. The number of rotatable bonds is 18. The number of unbranched alkanes of at least 4 members (excludes halogenated alkanes) is 5. The zero-order chi connectivity index (χ0) is 29.5. The number of nitrogens with one attached hydrogen (secondary N) is 1. The molecule has 42 heavy (non-hydrogen) atoms. The van der Waals surface area contributed by atoms with Crippen molar-refractivity contribution < 1.29 is 14.4 Å². The lowest BCUT2D eigenvalue weighted by Crippen LogP contribution is -2.47. The summed E-state index contributed by atoms with van der Waals surface area (Å²) in [6, 6.07) is 7.37. The highest BCUT2D eigenvalue weighted by Gasteiger charge is 2.23. The molecule has 1 aliphatic heterocycles. The minimum absolute atomic E-state index is 0. The van der Waals surface area contributed by atoms with Gasteiger partial charge in [-0.2, -0.15) is 0 Å². The van der Waals surface area contributed by atoms with Crippen LogP contribution in [0, 0.1) is 5.92 Å². The summed E-state index contributed by atoms with van der Waals surface area (Å²) in [6.45, 7) is 5.49. The van der Waals surface area contributed by atoms with Gasteiger partial charge in [-0.1, -0.05) is 57.1 Å². The van der Waals surface area contributed by atoms with E-state index < -0.39 is 0 Å². The maximum atomic E-state index is 13.1. The molecule has 2 aromatic rings. The van der Waals surface area contributed by atoms with Gasteiger partial charge in [-0.3, -0.25) is 14.4 Å². The van der Waals surface area contributed by atoms with Gasteiger partial charge in [0.25, 0.3) is 5.91 Å². The summed E-state index contributed by atoms with van der Waals surface area (Å²) < 4.78 is 1.65. The number of hydrogen-bond acceptors (Lipinski definition) is 6. The number of hydrogen-bond donors (Lipinski definition) is 2. The predicted octanol–water partition coefficient (Wildman–Crippen LogP) is 5.34. The van der Waals surface area contributed by atoms with E-state index in [1.807, 2.05) is 17.0 Å². The Balaban J connectivity index is 0.00000616. The fraction of sp³-hybridized carbons (Fsp3) is 0.645. The molecule has 1 saturated heterocycles. The molecular weight excluding hydrogens is 572 g/mol. The van der Waals surface area contributed by atoms with Crippen LogP contribution >= 0.6 is 25.0 Å². The normalized spacial score (nSPS) is 15.1. The SMILES string of the molecule is CCCCCCCCC(CCCC(CCC(=O)N1CCN(C)CC1)C(=O)S)NC(=O)c1ccc(-n2ccnn2)cc1.Cl. The van der Waals surface area contributed by atoms with Crippen molar-refractivity contribution in [1.29, 1.82) is 0 Å². The second-order valence-electron chi connectivity index (χ2n) is 11.3. The van der Waals surface area contributed by atoms with Crippen LogP contribution in [0.4, 0.5) is 0 Å². The fourth-order valence-electron chi connectivity index (χ4n) is 5.35. The Labute approximate surface area is 263 Å². The molecule has 3 rings (SSSR count).